The largest absolute Gasteiger partial charge is 0.369 e. The van der Waals surface area contributed by atoms with Crippen molar-refractivity contribution in [1.29, 1.82) is 0 Å². The summed E-state index contributed by atoms with van der Waals surface area (Å²) in [6, 6.07) is 15.4. The number of carbonyl (C=O) groups is 1. The van der Waals surface area contributed by atoms with E-state index in [4.69, 9.17) is 5.73 Å². The Balaban J connectivity index is 1.89. The first-order valence-corrected chi connectivity index (χ1v) is 7.69. The Bertz CT molecular complexity index is 899. The van der Waals surface area contributed by atoms with E-state index < -0.39 is 11.3 Å². The molecular formula is C18H15FN4O. The van der Waals surface area contributed by atoms with Crippen molar-refractivity contribution in [3.63, 3.8) is 0 Å². The minimum atomic E-state index is -0.783. The van der Waals surface area contributed by atoms with Crippen LogP contribution < -0.4 is 5.73 Å². The van der Waals surface area contributed by atoms with Crippen LogP contribution in [0, 0.1) is 5.82 Å². The van der Waals surface area contributed by atoms with E-state index in [1.54, 1.807) is 16.8 Å². The summed E-state index contributed by atoms with van der Waals surface area (Å²) in [6.07, 6.45) is 1.30. The van der Waals surface area contributed by atoms with Gasteiger partial charge in [-0.25, -0.2) is 14.1 Å². The fraction of sp³-hybridized carbons (Fsp3) is 0.167. The fourth-order valence-corrected chi connectivity index (χ4v) is 2.80. The number of nitrogens with two attached hydrogens (primary N) is 1. The zero-order valence-electron chi connectivity index (χ0n) is 12.8. The number of primary amides is 1. The lowest BCUT2D eigenvalue weighted by molar-refractivity contribution is -0.120. The van der Waals surface area contributed by atoms with E-state index in [9.17, 15) is 9.18 Å². The van der Waals surface area contributed by atoms with E-state index in [-0.39, 0.29) is 5.82 Å². The molecule has 2 N–H and O–H groups in total. The number of amides is 1. The van der Waals surface area contributed by atoms with Gasteiger partial charge in [-0.2, -0.15) is 0 Å². The van der Waals surface area contributed by atoms with Crippen molar-refractivity contribution in [1.82, 2.24) is 14.8 Å². The SMILES string of the molecule is NC(=O)C1(c2nc(-c3ccccc3)nn2-c2ccc(F)cc2)CC1. The maximum absolute atomic E-state index is 13.2. The Kier molecular flexibility index (Phi) is 3.19. The minimum Gasteiger partial charge on any atom is -0.369 e. The predicted octanol–water partition coefficient (Wildman–Crippen LogP) is 2.59. The summed E-state index contributed by atoms with van der Waals surface area (Å²) in [6.45, 7) is 0. The first-order valence-electron chi connectivity index (χ1n) is 7.69. The van der Waals surface area contributed by atoms with Crippen LogP contribution in [0.5, 0.6) is 0 Å². The van der Waals surface area contributed by atoms with Crippen LogP contribution in [-0.2, 0) is 10.2 Å². The second kappa shape index (κ2) is 5.26. The van der Waals surface area contributed by atoms with Crippen LogP contribution in [0.4, 0.5) is 4.39 Å². The molecule has 1 aliphatic carbocycles. The van der Waals surface area contributed by atoms with Gasteiger partial charge in [0.15, 0.2) is 5.82 Å². The van der Waals surface area contributed by atoms with Gasteiger partial charge in [0.2, 0.25) is 5.91 Å². The fourth-order valence-electron chi connectivity index (χ4n) is 2.80. The van der Waals surface area contributed by atoms with Crippen molar-refractivity contribution >= 4 is 5.91 Å². The van der Waals surface area contributed by atoms with Crippen molar-refractivity contribution in [2.75, 3.05) is 0 Å². The standard InChI is InChI=1S/C18H15FN4O/c19-13-6-8-14(9-7-13)23-17(18(10-11-18)16(20)24)21-15(22-23)12-4-2-1-3-5-12/h1-9H,10-11H2,(H2,20,24). The molecule has 6 heteroatoms. The van der Waals surface area contributed by atoms with E-state index in [2.05, 4.69) is 10.1 Å². The third kappa shape index (κ3) is 2.27. The Labute approximate surface area is 137 Å². The molecule has 4 rings (SSSR count). The molecule has 0 bridgehead atoms. The summed E-state index contributed by atoms with van der Waals surface area (Å²) in [5.41, 5.74) is 6.31. The van der Waals surface area contributed by atoms with Gasteiger partial charge in [-0.05, 0) is 37.1 Å². The molecule has 5 nitrogen and oxygen atoms in total. The van der Waals surface area contributed by atoms with E-state index >= 15 is 0 Å². The molecule has 2 aromatic carbocycles. The van der Waals surface area contributed by atoms with Gasteiger partial charge < -0.3 is 5.73 Å². The molecule has 24 heavy (non-hydrogen) atoms. The van der Waals surface area contributed by atoms with Crippen molar-refractivity contribution in [3.8, 4) is 17.1 Å². The monoisotopic (exact) mass is 322 g/mol. The zero-order chi connectivity index (χ0) is 16.7. The molecule has 3 aromatic rings. The predicted molar refractivity (Wildman–Crippen MR) is 86.9 cm³/mol. The Morgan fingerprint density at radius 2 is 1.75 bits per heavy atom. The lowest BCUT2D eigenvalue weighted by atomic mass is 10.1. The van der Waals surface area contributed by atoms with Gasteiger partial charge in [-0.1, -0.05) is 30.3 Å². The zero-order valence-corrected chi connectivity index (χ0v) is 12.8. The quantitative estimate of drug-likeness (QED) is 0.802. The van der Waals surface area contributed by atoms with E-state index in [1.165, 1.54) is 12.1 Å². The third-order valence-electron chi connectivity index (χ3n) is 4.36. The number of benzene rings is 2. The van der Waals surface area contributed by atoms with Gasteiger partial charge in [0.1, 0.15) is 17.1 Å². The smallest absolute Gasteiger partial charge is 0.231 e. The molecule has 1 heterocycles. The van der Waals surface area contributed by atoms with Crippen LogP contribution in [0.1, 0.15) is 18.7 Å². The summed E-state index contributed by atoms with van der Waals surface area (Å²) in [5, 5.41) is 4.54. The number of halogens is 1. The Hall–Kier alpha value is -3.02. The topological polar surface area (TPSA) is 73.8 Å². The van der Waals surface area contributed by atoms with Gasteiger partial charge in [0.05, 0.1) is 5.69 Å². The number of nitrogens with zero attached hydrogens (tertiary/aromatic N) is 3. The average molecular weight is 322 g/mol. The van der Waals surface area contributed by atoms with Crippen LogP contribution in [0.2, 0.25) is 0 Å². The second-order valence-electron chi connectivity index (χ2n) is 5.96. The summed E-state index contributed by atoms with van der Waals surface area (Å²) < 4.78 is 14.8. The summed E-state index contributed by atoms with van der Waals surface area (Å²) >= 11 is 0. The molecule has 120 valence electrons. The number of aromatic nitrogens is 3. The van der Waals surface area contributed by atoms with Crippen LogP contribution in [-0.4, -0.2) is 20.7 Å². The van der Waals surface area contributed by atoms with Gasteiger partial charge >= 0.3 is 0 Å². The summed E-state index contributed by atoms with van der Waals surface area (Å²) in [4.78, 5) is 16.5. The first-order chi connectivity index (χ1) is 11.6. The van der Waals surface area contributed by atoms with Crippen molar-refractivity contribution in [2.45, 2.75) is 18.3 Å². The van der Waals surface area contributed by atoms with Crippen LogP contribution in [0.3, 0.4) is 0 Å². The van der Waals surface area contributed by atoms with Crippen molar-refractivity contribution < 1.29 is 9.18 Å². The molecule has 0 saturated heterocycles. The molecule has 1 amide bonds. The third-order valence-corrected chi connectivity index (χ3v) is 4.36. The molecule has 0 aliphatic heterocycles. The van der Waals surface area contributed by atoms with Crippen molar-refractivity contribution in [2.24, 2.45) is 5.73 Å². The van der Waals surface area contributed by atoms with Crippen LogP contribution in [0.25, 0.3) is 17.1 Å². The summed E-state index contributed by atoms with van der Waals surface area (Å²) in [5.74, 6) is 0.292. The average Bonchev–Trinajstić information content (AvgIpc) is 3.30. The van der Waals surface area contributed by atoms with E-state index in [0.29, 0.717) is 30.2 Å². The Morgan fingerprint density at radius 3 is 2.33 bits per heavy atom. The normalized spacial score (nSPS) is 15.2. The molecule has 0 unspecified atom stereocenters. The highest BCUT2D eigenvalue weighted by atomic mass is 19.1. The minimum absolute atomic E-state index is 0.334. The highest BCUT2D eigenvalue weighted by Gasteiger charge is 2.54. The molecule has 1 fully saturated rings. The molecule has 1 aliphatic rings. The highest BCUT2D eigenvalue weighted by Crippen LogP contribution is 2.48. The van der Waals surface area contributed by atoms with Crippen LogP contribution in [0.15, 0.2) is 54.6 Å². The van der Waals surface area contributed by atoms with Gasteiger partial charge in [0.25, 0.3) is 0 Å². The number of rotatable bonds is 4. The first kappa shape index (κ1) is 14.6. The highest BCUT2D eigenvalue weighted by molar-refractivity contribution is 5.89. The van der Waals surface area contributed by atoms with Crippen LogP contribution >= 0.6 is 0 Å². The molecule has 0 spiro atoms. The molecule has 0 atom stereocenters. The number of hydrogen-bond acceptors (Lipinski definition) is 3. The second-order valence-corrected chi connectivity index (χ2v) is 5.96. The molecule has 0 radical (unpaired) electrons. The lowest BCUT2D eigenvalue weighted by Crippen LogP contribution is -2.31. The molecular weight excluding hydrogens is 307 g/mol. The molecule has 1 saturated carbocycles. The summed E-state index contributed by atoms with van der Waals surface area (Å²) in [7, 11) is 0. The van der Waals surface area contributed by atoms with Gasteiger partial charge in [-0.15, -0.1) is 5.10 Å². The maximum atomic E-state index is 13.2. The lowest BCUT2D eigenvalue weighted by Gasteiger charge is -2.12. The maximum Gasteiger partial charge on any atom is 0.231 e. The van der Waals surface area contributed by atoms with E-state index in [1.807, 2.05) is 30.3 Å². The number of hydrogen-bond donors (Lipinski definition) is 1. The Morgan fingerprint density at radius 1 is 1.08 bits per heavy atom. The van der Waals surface area contributed by atoms with E-state index in [0.717, 1.165) is 5.56 Å². The van der Waals surface area contributed by atoms with Gasteiger partial charge in [0, 0.05) is 5.56 Å². The van der Waals surface area contributed by atoms with Gasteiger partial charge in [-0.3, -0.25) is 4.79 Å². The number of carbonyl (C=O) groups excluding carboxylic acids is 1. The molecule has 1 aromatic heterocycles. The van der Waals surface area contributed by atoms with Crippen molar-refractivity contribution in [3.05, 3.63) is 66.2 Å².